The molecule has 0 aliphatic rings. The molecule has 1 atom stereocenters. The van der Waals surface area contributed by atoms with Crippen LogP contribution >= 0.6 is 11.3 Å². The van der Waals surface area contributed by atoms with Gasteiger partial charge in [-0.25, -0.2) is 4.79 Å². The summed E-state index contributed by atoms with van der Waals surface area (Å²) < 4.78 is 4.94. The van der Waals surface area contributed by atoms with Gasteiger partial charge < -0.3 is 20.9 Å². The maximum absolute atomic E-state index is 11.8. The SMILES string of the molecule is COc1ccsc1C(=O)NC(CC(N)=O)C(=O)O. The molecule has 18 heavy (non-hydrogen) atoms. The fourth-order valence-corrected chi connectivity index (χ4v) is 2.01. The normalized spacial score (nSPS) is 11.6. The van der Waals surface area contributed by atoms with Crippen LogP contribution in [0.4, 0.5) is 0 Å². The van der Waals surface area contributed by atoms with Gasteiger partial charge in [0, 0.05) is 0 Å². The van der Waals surface area contributed by atoms with E-state index in [4.69, 9.17) is 15.6 Å². The highest BCUT2D eigenvalue weighted by atomic mass is 32.1. The van der Waals surface area contributed by atoms with Crippen LogP contribution in [0.25, 0.3) is 0 Å². The van der Waals surface area contributed by atoms with Gasteiger partial charge in [-0.3, -0.25) is 9.59 Å². The van der Waals surface area contributed by atoms with Gasteiger partial charge in [0.15, 0.2) is 0 Å². The first-order valence-electron chi connectivity index (χ1n) is 4.89. The average molecular weight is 272 g/mol. The van der Waals surface area contributed by atoms with Crippen LogP contribution < -0.4 is 15.8 Å². The fourth-order valence-electron chi connectivity index (χ4n) is 1.25. The molecule has 98 valence electrons. The maximum atomic E-state index is 11.8. The van der Waals surface area contributed by atoms with E-state index < -0.39 is 30.2 Å². The summed E-state index contributed by atoms with van der Waals surface area (Å²) in [5.74, 6) is -2.39. The molecule has 0 spiro atoms. The number of thiophene rings is 1. The molecular weight excluding hydrogens is 260 g/mol. The zero-order chi connectivity index (χ0) is 13.7. The number of hydrogen-bond acceptors (Lipinski definition) is 5. The molecule has 8 heteroatoms. The zero-order valence-corrected chi connectivity index (χ0v) is 10.3. The van der Waals surface area contributed by atoms with E-state index >= 15 is 0 Å². The van der Waals surface area contributed by atoms with E-state index in [1.165, 1.54) is 7.11 Å². The lowest BCUT2D eigenvalue weighted by Gasteiger charge is -2.12. The molecule has 1 rings (SSSR count). The highest BCUT2D eigenvalue weighted by Crippen LogP contribution is 2.24. The summed E-state index contributed by atoms with van der Waals surface area (Å²) in [6.45, 7) is 0. The van der Waals surface area contributed by atoms with Crippen molar-refractivity contribution in [3.05, 3.63) is 16.3 Å². The minimum Gasteiger partial charge on any atom is -0.495 e. The smallest absolute Gasteiger partial charge is 0.326 e. The van der Waals surface area contributed by atoms with Gasteiger partial charge in [-0.15, -0.1) is 11.3 Å². The number of primary amides is 1. The average Bonchev–Trinajstić information content (AvgIpc) is 2.75. The van der Waals surface area contributed by atoms with Crippen molar-refractivity contribution in [2.75, 3.05) is 7.11 Å². The molecule has 1 heterocycles. The van der Waals surface area contributed by atoms with Crippen molar-refractivity contribution >= 4 is 29.1 Å². The van der Waals surface area contributed by atoms with Crippen LogP contribution in [0, 0.1) is 0 Å². The Morgan fingerprint density at radius 3 is 2.72 bits per heavy atom. The molecule has 1 aromatic rings. The van der Waals surface area contributed by atoms with Gasteiger partial charge in [-0.05, 0) is 11.4 Å². The van der Waals surface area contributed by atoms with Gasteiger partial charge in [0.25, 0.3) is 5.91 Å². The molecule has 0 saturated heterocycles. The Balaban J connectivity index is 2.78. The summed E-state index contributed by atoms with van der Waals surface area (Å²) in [6.07, 6.45) is -0.464. The molecule has 1 aromatic heterocycles. The summed E-state index contributed by atoms with van der Waals surface area (Å²) in [4.78, 5) is 33.6. The van der Waals surface area contributed by atoms with E-state index in [1.807, 2.05) is 0 Å². The van der Waals surface area contributed by atoms with E-state index in [1.54, 1.807) is 11.4 Å². The molecule has 2 amide bonds. The number of rotatable bonds is 6. The summed E-state index contributed by atoms with van der Waals surface area (Å²) in [6, 6.07) is 0.241. The van der Waals surface area contributed by atoms with E-state index in [9.17, 15) is 14.4 Å². The third-order valence-electron chi connectivity index (χ3n) is 2.06. The van der Waals surface area contributed by atoms with Gasteiger partial charge in [0.05, 0.1) is 13.5 Å². The van der Waals surface area contributed by atoms with Crippen LogP contribution in [-0.4, -0.2) is 36.0 Å². The monoisotopic (exact) mass is 272 g/mol. The third kappa shape index (κ3) is 3.45. The first-order valence-corrected chi connectivity index (χ1v) is 5.77. The number of aliphatic carboxylic acids is 1. The Labute approximate surface area is 107 Å². The summed E-state index contributed by atoms with van der Waals surface area (Å²) >= 11 is 1.11. The number of methoxy groups -OCH3 is 1. The van der Waals surface area contributed by atoms with Crippen LogP contribution in [-0.2, 0) is 9.59 Å². The lowest BCUT2D eigenvalue weighted by atomic mass is 10.2. The number of hydrogen-bond donors (Lipinski definition) is 3. The second-order valence-corrected chi connectivity index (χ2v) is 4.27. The molecule has 0 aliphatic carbocycles. The highest BCUT2D eigenvalue weighted by Gasteiger charge is 2.24. The second kappa shape index (κ2) is 6.01. The lowest BCUT2D eigenvalue weighted by molar-refractivity contribution is -0.140. The molecule has 1 unspecified atom stereocenters. The Kier molecular flexibility index (Phi) is 4.67. The Hall–Kier alpha value is -2.09. The fraction of sp³-hybridized carbons (Fsp3) is 0.300. The van der Waals surface area contributed by atoms with Crippen molar-refractivity contribution in [2.45, 2.75) is 12.5 Å². The largest absolute Gasteiger partial charge is 0.495 e. The van der Waals surface area contributed by atoms with E-state index in [0.29, 0.717) is 5.75 Å². The van der Waals surface area contributed by atoms with Gasteiger partial charge in [0.2, 0.25) is 5.91 Å². The van der Waals surface area contributed by atoms with Crippen LogP contribution in [0.1, 0.15) is 16.1 Å². The third-order valence-corrected chi connectivity index (χ3v) is 2.96. The molecule has 0 radical (unpaired) electrons. The number of carboxylic acids is 1. The van der Waals surface area contributed by atoms with Crippen molar-refractivity contribution in [3.63, 3.8) is 0 Å². The van der Waals surface area contributed by atoms with Crippen molar-refractivity contribution in [2.24, 2.45) is 5.73 Å². The summed E-state index contributed by atoms with van der Waals surface area (Å²) in [5.41, 5.74) is 4.91. The van der Waals surface area contributed by atoms with E-state index in [2.05, 4.69) is 5.32 Å². The zero-order valence-electron chi connectivity index (χ0n) is 9.50. The van der Waals surface area contributed by atoms with Gasteiger partial charge in [-0.1, -0.05) is 0 Å². The predicted molar refractivity (Wildman–Crippen MR) is 63.6 cm³/mol. The first kappa shape index (κ1) is 14.0. The molecular formula is C10H12N2O5S. The van der Waals surface area contributed by atoms with Crippen molar-refractivity contribution in [3.8, 4) is 5.75 Å². The van der Waals surface area contributed by atoms with E-state index in [-0.39, 0.29) is 4.88 Å². The topological polar surface area (TPSA) is 119 Å². The van der Waals surface area contributed by atoms with Crippen LogP contribution in [0.5, 0.6) is 5.75 Å². The number of amides is 2. The van der Waals surface area contributed by atoms with Crippen molar-refractivity contribution in [1.82, 2.24) is 5.32 Å². The number of nitrogens with two attached hydrogens (primary N) is 1. The summed E-state index contributed by atoms with van der Waals surface area (Å²) in [7, 11) is 1.40. The minimum atomic E-state index is -1.35. The second-order valence-electron chi connectivity index (χ2n) is 3.35. The number of ether oxygens (including phenoxy) is 1. The molecule has 0 fully saturated rings. The Bertz CT molecular complexity index is 471. The van der Waals surface area contributed by atoms with Gasteiger partial charge >= 0.3 is 5.97 Å². The molecule has 4 N–H and O–H groups in total. The van der Waals surface area contributed by atoms with Crippen molar-refractivity contribution in [1.29, 1.82) is 0 Å². The molecule has 0 saturated carbocycles. The molecule has 0 aliphatic heterocycles. The number of carbonyl (C=O) groups excluding carboxylic acids is 2. The number of carboxylic acid groups (broad SMARTS) is 1. The Morgan fingerprint density at radius 1 is 1.56 bits per heavy atom. The highest BCUT2D eigenvalue weighted by molar-refractivity contribution is 7.12. The van der Waals surface area contributed by atoms with Gasteiger partial charge in [-0.2, -0.15) is 0 Å². The Morgan fingerprint density at radius 2 is 2.22 bits per heavy atom. The standard InChI is InChI=1S/C10H12N2O5S/c1-17-6-2-3-18-8(6)9(14)12-5(10(15)16)4-7(11)13/h2-3,5H,4H2,1H3,(H2,11,13)(H,12,14)(H,15,16). The van der Waals surface area contributed by atoms with Gasteiger partial charge in [0.1, 0.15) is 16.7 Å². The quantitative estimate of drug-likeness (QED) is 0.663. The maximum Gasteiger partial charge on any atom is 0.326 e. The minimum absolute atomic E-state index is 0.244. The van der Waals surface area contributed by atoms with E-state index in [0.717, 1.165) is 11.3 Å². The number of carbonyl (C=O) groups is 3. The predicted octanol–water partition coefficient (Wildman–Crippen LogP) is -0.185. The molecule has 7 nitrogen and oxygen atoms in total. The van der Waals surface area contributed by atoms with Crippen LogP contribution in [0.2, 0.25) is 0 Å². The van der Waals surface area contributed by atoms with Crippen molar-refractivity contribution < 1.29 is 24.2 Å². The van der Waals surface area contributed by atoms with Crippen LogP contribution in [0.3, 0.4) is 0 Å². The summed E-state index contributed by atoms with van der Waals surface area (Å²) in [5, 5.41) is 12.7. The molecule has 0 bridgehead atoms. The van der Waals surface area contributed by atoms with Crippen LogP contribution in [0.15, 0.2) is 11.4 Å². The molecule has 0 aromatic carbocycles. The first-order chi connectivity index (χ1) is 8.45. The lowest BCUT2D eigenvalue weighted by Crippen LogP contribution is -2.43. The number of nitrogens with one attached hydrogen (secondary N) is 1.